The average molecular weight is 387 g/mol. The van der Waals surface area contributed by atoms with Crippen molar-refractivity contribution in [2.45, 2.75) is 32.7 Å². The predicted octanol–water partition coefficient (Wildman–Crippen LogP) is 2.03. The Labute approximate surface area is 163 Å². The standard InChI is InChI=1S/C20H25N3O5/c1-12-5-6-15-13(7-12)8-19(25)23(22-15)11-18(24)21-14-9-16(26-2)20(28-4)17(10-14)27-3/h8-10,12H,5-7,11H2,1-4H3,(H,21,24)/t12-/m1/s1. The number of nitrogens with one attached hydrogen (secondary N) is 1. The first-order valence-corrected chi connectivity index (χ1v) is 9.15. The molecule has 1 N–H and O–H groups in total. The molecule has 2 aromatic rings. The van der Waals surface area contributed by atoms with Crippen LogP contribution in [0.1, 0.15) is 24.6 Å². The van der Waals surface area contributed by atoms with E-state index in [0.29, 0.717) is 28.9 Å². The molecule has 3 rings (SSSR count). The lowest BCUT2D eigenvalue weighted by atomic mass is 9.88. The second-order valence-electron chi connectivity index (χ2n) is 6.92. The summed E-state index contributed by atoms with van der Waals surface area (Å²) in [7, 11) is 4.51. The topological polar surface area (TPSA) is 91.7 Å². The minimum absolute atomic E-state index is 0.168. The normalized spacial score (nSPS) is 15.5. The molecule has 0 spiro atoms. The molecule has 1 atom stereocenters. The van der Waals surface area contributed by atoms with Gasteiger partial charge in [0.15, 0.2) is 11.5 Å². The maximum atomic E-state index is 12.5. The van der Waals surface area contributed by atoms with Gasteiger partial charge in [0.25, 0.3) is 5.56 Å². The number of nitrogens with zero attached hydrogens (tertiary/aromatic N) is 2. The van der Waals surface area contributed by atoms with Crippen LogP contribution in [-0.4, -0.2) is 37.0 Å². The molecule has 0 saturated carbocycles. The molecule has 28 heavy (non-hydrogen) atoms. The maximum Gasteiger partial charge on any atom is 0.267 e. The third-order valence-electron chi connectivity index (χ3n) is 4.85. The Morgan fingerprint density at radius 2 is 1.86 bits per heavy atom. The van der Waals surface area contributed by atoms with Crippen molar-refractivity contribution in [2.24, 2.45) is 5.92 Å². The third kappa shape index (κ3) is 4.11. The van der Waals surface area contributed by atoms with Gasteiger partial charge >= 0.3 is 0 Å². The molecule has 8 heteroatoms. The fourth-order valence-corrected chi connectivity index (χ4v) is 3.42. The van der Waals surface area contributed by atoms with Crippen LogP contribution in [0.3, 0.4) is 0 Å². The van der Waals surface area contributed by atoms with Crippen LogP contribution in [0, 0.1) is 5.92 Å². The van der Waals surface area contributed by atoms with Gasteiger partial charge in [-0.25, -0.2) is 4.68 Å². The predicted molar refractivity (Wildman–Crippen MR) is 104 cm³/mol. The first kappa shape index (κ1) is 19.7. The minimum atomic E-state index is -0.368. The lowest BCUT2D eigenvalue weighted by molar-refractivity contribution is -0.117. The van der Waals surface area contributed by atoms with Crippen LogP contribution in [0.4, 0.5) is 5.69 Å². The van der Waals surface area contributed by atoms with Crippen molar-refractivity contribution in [1.29, 1.82) is 0 Å². The van der Waals surface area contributed by atoms with Gasteiger partial charge in [-0.15, -0.1) is 0 Å². The van der Waals surface area contributed by atoms with E-state index in [0.717, 1.165) is 30.5 Å². The van der Waals surface area contributed by atoms with Crippen LogP contribution in [0.25, 0.3) is 0 Å². The van der Waals surface area contributed by atoms with Crippen molar-refractivity contribution in [2.75, 3.05) is 26.6 Å². The summed E-state index contributed by atoms with van der Waals surface area (Å²) in [6, 6.07) is 4.86. The molecule has 150 valence electrons. The summed E-state index contributed by atoms with van der Waals surface area (Å²) >= 11 is 0. The summed E-state index contributed by atoms with van der Waals surface area (Å²) in [6.07, 6.45) is 2.72. The highest BCUT2D eigenvalue weighted by Crippen LogP contribution is 2.39. The first-order valence-electron chi connectivity index (χ1n) is 9.15. The highest BCUT2D eigenvalue weighted by atomic mass is 16.5. The van der Waals surface area contributed by atoms with Gasteiger partial charge < -0.3 is 19.5 Å². The molecular formula is C20H25N3O5. The van der Waals surface area contributed by atoms with E-state index < -0.39 is 0 Å². The zero-order valence-electron chi connectivity index (χ0n) is 16.6. The largest absolute Gasteiger partial charge is 0.493 e. The highest BCUT2D eigenvalue weighted by Gasteiger charge is 2.19. The van der Waals surface area contributed by atoms with Crippen LogP contribution in [-0.2, 0) is 24.2 Å². The minimum Gasteiger partial charge on any atom is -0.493 e. The number of aryl methyl sites for hydroxylation is 1. The van der Waals surface area contributed by atoms with Crippen LogP contribution in [0.5, 0.6) is 17.2 Å². The summed E-state index contributed by atoms with van der Waals surface area (Å²) < 4.78 is 17.1. The molecular weight excluding hydrogens is 362 g/mol. The van der Waals surface area contributed by atoms with E-state index in [2.05, 4.69) is 17.3 Å². The molecule has 1 heterocycles. The molecule has 0 unspecified atom stereocenters. The average Bonchev–Trinajstić information content (AvgIpc) is 2.67. The molecule has 1 aromatic heterocycles. The van der Waals surface area contributed by atoms with Gasteiger partial charge in [-0.05, 0) is 30.7 Å². The van der Waals surface area contributed by atoms with Gasteiger partial charge in [0.2, 0.25) is 11.7 Å². The summed E-state index contributed by atoms with van der Waals surface area (Å²) in [5.41, 5.74) is 2.09. The summed E-state index contributed by atoms with van der Waals surface area (Å²) in [4.78, 5) is 24.8. The van der Waals surface area contributed by atoms with Crippen molar-refractivity contribution in [3.05, 3.63) is 39.8 Å². The quantitative estimate of drug-likeness (QED) is 0.816. The number of methoxy groups -OCH3 is 3. The van der Waals surface area contributed by atoms with Gasteiger partial charge in [-0.1, -0.05) is 6.92 Å². The molecule has 0 radical (unpaired) electrons. The van der Waals surface area contributed by atoms with Gasteiger partial charge in [-0.3, -0.25) is 9.59 Å². The second-order valence-corrected chi connectivity index (χ2v) is 6.92. The molecule has 1 aliphatic carbocycles. The van der Waals surface area contributed by atoms with E-state index in [4.69, 9.17) is 14.2 Å². The molecule has 1 aromatic carbocycles. The Morgan fingerprint density at radius 1 is 1.18 bits per heavy atom. The number of benzene rings is 1. The molecule has 0 aliphatic heterocycles. The first-order chi connectivity index (χ1) is 13.4. The van der Waals surface area contributed by atoms with Crippen LogP contribution < -0.4 is 25.1 Å². The van der Waals surface area contributed by atoms with Crippen LogP contribution in [0.15, 0.2) is 23.0 Å². The molecule has 0 bridgehead atoms. The van der Waals surface area contributed by atoms with Crippen LogP contribution in [0.2, 0.25) is 0 Å². The monoisotopic (exact) mass is 387 g/mol. The van der Waals surface area contributed by atoms with Crippen molar-refractivity contribution in [3.63, 3.8) is 0 Å². The number of hydrogen-bond acceptors (Lipinski definition) is 6. The lowest BCUT2D eigenvalue weighted by Gasteiger charge is -2.20. The Bertz CT molecular complexity index is 913. The van der Waals surface area contributed by atoms with E-state index in [1.807, 2.05) is 0 Å². The van der Waals surface area contributed by atoms with Crippen molar-refractivity contribution in [1.82, 2.24) is 9.78 Å². The smallest absolute Gasteiger partial charge is 0.267 e. The maximum absolute atomic E-state index is 12.5. The number of carbonyl (C=O) groups excluding carboxylic acids is 1. The number of hydrogen-bond donors (Lipinski definition) is 1. The van der Waals surface area contributed by atoms with Gasteiger partial charge in [0, 0.05) is 23.9 Å². The van der Waals surface area contributed by atoms with Gasteiger partial charge in [0.1, 0.15) is 6.54 Å². The van der Waals surface area contributed by atoms with Crippen LogP contribution >= 0.6 is 0 Å². The molecule has 0 saturated heterocycles. The number of rotatable bonds is 6. The highest BCUT2D eigenvalue weighted by molar-refractivity contribution is 5.91. The summed E-state index contributed by atoms with van der Waals surface area (Å²) in [5.74, 6) is 1.47. The molecule has 0 fully saturated rings. The fraction of sp³-hybridized carbons (Fsp3) is 0.450. The van der Waals surface area contributed by atoms with Crippen molar-refractivity contribution in [3.8, 4) is 17.2 Å². The lowest BCUT2D eigenvalue weighted by Crippen LogP contribution is -2.32. The van der Waals surface area contributed by atoms with E-state index in [1.54, 1.807) is 18.2 Å². The summed E-state index contributed by atoms with van der Waals surface area (Å²) in [6.45, 7) is 2.00. The Hall–Kier alpha value is -3.03. The number of amides is 1. The number of anilines is 1. The van der Waals surface area contributed by atoms with Crippen molar-refractivity contribution < 1.29 is 19.0 Å². The van der Waals surface area contributed by atoms with E-state index >= 15 is 0 Å². The van der Waals surface area contributed by atoms with E-state index in [1.165, 1.54) is 26.0 Å². The zero-order chi connectivity index (χ0) is 20.3. The van der Waals surface area contributed by atoms with E-state index in [-0.39, 0.29) is 18.0 Å². The summed E-state index contributed by atoms with van der Waals surface area (Å²) in [5, 5.41) is 7.15. The van der Waals surface area contributed by atoms with Gasteiger partial charge in [-0.2, -0.15) is 5.10 Å². The van der Waals surface area contributed by atoms with E-state index in [9.17, 15) is 9.59 Å². The second kappa shape index (κ2) is 8.33. The molecule has 1 amide bonds. The Morgan fingerprint density at radius 3 is 2.46 bits per heavy atom. The number of ether oxygens (including phenoxy) is 3. The zero-order valence-corrected chi connectivity index (χ0v) is 16.6. The Kier molecular flexibility index (Phi) is 5.87. The molecule has 8 nitrogen and oxygen atoms in total. The number of carbonyl (C=O) groups is 1. The van der Waals surface area contributed by atoms with Gasteiger partial charge in [0.05, 0.1) is 27.0 Å². The SMILES string of the molecule is COc1cc(NC(=O)Cn2nc3c(cc2=O)C[C@H](C)CC3)cc(OC)c1OC. The fourth-order valence-electron chi connectivity index (χ4n) is 3.42. The Balaban J connectivity index is 1.79. The third-order valence-corrected chi connectivity index (χ3v) is 4.85. The van der Waals surface area contributed by atoms with Crippen molar-refractivity contribution >= 4 is 11.6 Å². The molecule has 1 aliphatic rings. The number of fused-ring (bicyclic) bond motifs is 1. The number of aromatic nitrogens is 2.